The molecule has 1 unspecified atom stereocenters. The van der Waals surface area contributed by atoms with E-state index in [1.807, 2.05) is 11.6 Å². The zero-order chi connectivity index (χ0) is 15.1. The molecule has 0 radical (unpaired) electrons. The maximum atomic E-state index is 11.6. The molecule has 1 atom stereocenters. The van der Waals surface area contributed by atoms with E-state index in [2.05, 4.69) is 0 Å². The molecule has 9 heteroatoms. The van der Waals surface area contributed by atoms with Crippen molar-refractivity contribution in [1.29, 1.82) is 0 Å². The van der Waals surface area contributed by atoms with Crippen LogP contribution in [0.4, 0.5) is 0 Å². The van der Waals surface area contributed by atoms with E-state index >= 15 is 0 Å². The molecule has 7 nitrogen and oxygen atoms in total. The lowest BCUT2D eigenvalue weighted by molar-refractivity contribution is -0.139. The molecule has 0 aromatic heterocycles. The maximum absolute atomic E-state index is 11.6. The molecule has 0 aromatic carbocycles. The van der Waals surface area contributed by atoms with Crippen LogP contribution in [0.25, 0.3) is 0 Å². The number of sulfonamides is 1. The summed E-state index contributed by atoms with van der Waals surface area (Å²) in [5.74, 6) is -1.97. The second-order valence-electron chi connectivity index (χ2n) is 4.21. The first kappa shape index (κ1) is 18.3. The lowest BCUT2D eigenvalue weighted by Gasteiger charge is -2.14. The van der Waals surface area contributed by atoms with Gasteiger partial charge in [-0.05, 0) is 12.8 Å². The van der Waals surface area contributed by atoms with E-state index in [0.717, 1.165) is 0 Å². The molecular weight excluding hydrogens is 294 g/mol. The summed E-state index contributed by atoms with van der Waals surface area (Å²) < 4.78 is 47.8. The lowest BCUT2D eigenvalue weighted by Crippen LogP contribution is -2.42. The average Bonchev–Trinajstić information content (AvgIpc) is 2.31. The first-order valence-corrected chi connectivity index (χ1v) is 9.54. The highest BCUT2D eigenvalue weighted by molar-refractivity contribution is 7.91. The van der Waals surface area contributed by atoms with Gasteiger partial charge in [0.25, 0.3) is 0 Å². The van der Waals surface area contributed by atoms with E-state index in [9.17, 15) is 21.6 Å². The second-order valence-corrected chi connectivity index (χ2v) is 8.55. The van der Waals surface area contributed by atoms with Crippen LogP contribution < -0.4 is 4.72 Å². The average molecular weight is 315 g/mol. The molecular formula is C10H21NO6S2. The molecule has 0 bridgehead atoms. The topological polar surface area (TPSA) is 118 Å². The third-order valence-electron chi connectivity index (χ3n) is 2.54. The van der Waals surface area contributed by atoms with Gasteiger partial charge in [-0.1, -0.05) is 20.3 Å². The summed E-state index contributed by atoms with van der Waals surface area (Å²) in [6.07, 6.45) is 0.828. The number of carbonyl (C=O) groups is 1. The van der Waals surface area contributed by atoms with Crippen LogP contribution in [0.3, 0.4) is 0 Å². The van der Waals surface area contributed by atoms with Gasteiger partial charge in [-0.25, -0.2) is 21.6 Å². The Morgan fingerprint density at radius 2 is 1.74 bits per heavy atom. The van der Waals surface area contributed by atoms with Gasteiger partial charge in [-0.2, -0.15) is 0 Å². The molecule has 0 spiro atoms. The molecule has 0 amide bonds. The van der Waals surface area contributed by atoms with Crippen LogP contribution in [0.1, 0.15) is 33.1 Å². The van der Waals surface area contributed by atoms with E-state index in [4.69, 9.17) is 5.11 Å². The van der Waals surface area contributed by atoms with E-state index in [0.29, 0.717) is 12.8 Å². The Kier molecular flexibility index (Phi) is 7.53. The van der Waals surface area contributed by atoms with Crippen LogP contribution in [0.2, 0.25) is 0 Å². The van der Waals surface area contributed by atoms with Crippen molar-refractivity contribution < 1.29 is 26.7 Å². The summed E-state index contributed by atoms with van der Waals surface area (Å²) in [5.41, 5.74) is 0. The van der Waals surface area contributed by atoms with Crippen molar-refractivity contribution in [1.82, 2.24) is 4.72 Å². The van der Waals surface area contributed by atoms with Gasteiger partial charge in [-0.3, -0.25) is 4.79 Å². The van der Waals surface area contributed by atoms with Crippen molar-refractivity contribution in [2.24, 2.45) is 0 Å². The van der Waals surface area contributed by atoms with Gasteiger partial charge in [0.1, 0.15) is 15.9 Å². The minimum Gasteiger partial charge on any atom is -0.480 e. The molecule has 0 heterocycles. The van der Waals surface area contributed by atoms with Gasteiger partial charge < -0.3 is 5.11 Å². The highest BCUT2D eigenvalue weighted by Gasteiger charge is 2.25. The summed E-state index contributed by atoms with van der Waals surface area (Å²) in [7, 11) is -7.01. The van der Waals surface area contributed by atoms with Crippen molar-refractivity contribution in [3.63, 3.8) is 0 Å². The fraction of sp³-hybridized carbons (Fsp3) is 0.900. The molecule has 0 aliphatic rings. The van der Waals surface area contributed by atoms with Crippen LogP contribution in [0.5, 0.6) is 0 Å². The van der Waals surface area contributed by atoms with Crippen LogP contribution >= 0.6 is 0 Å². The van der Waals surface area contributed by atoms with Gasteiger partial charge in [-0.15, -0.1) is 0 Å². The predicted octanol–water partition coefficient (Wildman–Crippen LogP) is -0.0161. The number of carboxylic acid groups (broad SMARTS) is 1. The number of rotatable bonds is 10. The van der Waals surface area contributed by atoms with E-state index in [-0.39, 0.29) is 23.7 Å². The molecule has 2 N–H and O–H groups in total. The summed E-state index contributed by atoms with van der Waals surface area (Å²) in [4.78, 5) is 10.9. The zero-order valence-electron chi connectivity index (χ0n) is 11.1. The Morgan fingerprint density at radius 1 is 1.16 bits per heavy atom. The molecule has 0 rings (SSSR count). The largest absolute Gasteiger partial charge is 0.480 e. The Hall–Kier alpha value is -0.670. The standard InChI is InChI=1S/C10H21NO6S2/c1-3-5-7-19(16,17)11-9(10(12)13)6-8-18(14,15)4-2/h9,11H,3-8H2,1-2H3,(H,12,13). The summed E-state index contributed by atoms with van der Waals surface area (Å²) in [6, 6.07) is -1.40. The number of hydrogen-bond donors (Lipinski definition) is 2. The first-order chi connectivity index (χ1) is 8.63. The highest BCUT2D eigenvalue weighted by Crippen LogP contribution is 2.03. The molecule has 0 saturated carbocycles. The zero-order valence-corrected chi connectivity index (χ0v) is 12.8. The number of aliphatic carboxylic acids is 1. The third-order valence-corrected chi connectivity index (χ3v) is 5.75. The van der Waals surface area contributed by atoms with E-state index < -0.39 is 31.9 Å². The SMILES string of the molecule is CCCCS(=O)(=O)NC(CCS(=O)(=O)CC)C(=O)O. The van der Waals surface area contributed by atoms with Crippen molar-refractivity contribution in [3.8, 4) is 0 Å². The van der Waals surface area contributed by atoms with Gasteiger partial charge in [0.15, 0.2) is 0 Å². The first-order valence-electron chi connectivity index (χ1n) is 6.06. The molecule has 114 valence electrons. The summed E-state index contributed by atoms with van der Waals surface area (Å²) >= 11 is 0. The van der Waals surface area contributed by atoms with Crippen molar-refractivity contribution in [3.05, 3.63) is 0 Å². The molecule has 19 heavy (non-hydrogen) atoms. The minimum atomic E-state index is -3.69. The number of nitrogens with one attached hydrogen (secondary N) is 1. The van der Waals surface area contributed by atoms with Gasteiger partial charge in [0, 0.05) is 5.75 Å². The third kappa shape index (κ3) is 8.17. The fourth-order valence-corrected chi connectivity index (χ4v) is 3.61. The highest BCUT2D eigenvalue weighted by atomic mass is 32.2. The van der Waals surface area contributed by atoms with Crippen molar-refractivity contribution in [2.75, 3.05) is 17.3 Å². The molecule has 0 fully saturated rings. The Balaban J connectivity index is 4.64. The number of sulfone groups is 1. The van der Waals surface area contributed by atoms with Crippen LogP contribution in [-0.4, -0.2) is 51.2 Å². The van der Waals surface area contributed by atoms with Gasteiger partial charge in [0.05, 0.1) is 11.5 Å². The van der Waals surface area contributed by atoms with E-state index in [1.165, 1.54) is 6.92 Å². The monoisotopic (exact) mass is 315 g/mol. The normalized spacial score (nSPS) is 14.2. The minimum absolute atomic E-state index is 0.0953. The quantitative estimate of drug-likeness (QED) is 0.585. The second kappa shape index (κ2) is 7.81. The van der Waals surface area contributed by atoms with Crippen LogP contribution in [0.15, 0.2) is 0 Å². The lowest BCUT2D eigenvalue weighted by atomic mass is 10.2. The molecule has 0 saturated heterocycles. The van der Waals surface area contributed by atoms with Crippen molar-refractivity contribution in [2.45, 2.75) is 39.2 Å². The molecule has 0 aliphatic heterocycles. The van der Waals surface area contributed by atoms with Crippen molar-refractivity contribution >= 4 is 25.8 Å². The number of unbranched alkanes of at least 4 members (excludes halogenated alkanes) is 1. The summed E-state index contributed by atoms with van der Waals surface area (Å²) in [6.45, 7) is 3.27. The Labute approximate surface area is 114 Å². The number of carboxylic acids is 1. The maximum Gasteiger partial charge on any atom is 0.321 e. The Morgan fingerprint density at radius 3 is 2.16 bits per heavy atom. The Bertz CT molecular complexity index is 482. The van der Waals surface area contributed by atoms with Crippen LogP contribution in [-0.2, 0) is 24.7 Å². The van der Waals surface area contributed by atoms with Gasteiger partial charge >= 0.3 is 5.97 Å². The van der Waals surface area contributed by atoms with Crippen LogP contribution in [0, 0.1) is 0 Å². The van der Waals surface area contributed by atoms with E-state index in [1.54, 1.807) is 0 Å². The fourth-order valence-electron chi connectivity index (χ4n) is 1.28. The number of hydrogen-bond acceptors (Lipinski definition) is 5. The van der Waals surface area contributed by atoms with Gasteiger partial charge in [0.2, 0.25) is 10.0 Å². The predicted molar refractivity (Wildman–Crippen MR) is 72.2 cm³/mol. The molecule has 0 aromatic rings. The smallest absolute Gasteiger partial charge is 0.321 e. The summed E-state index contributed by atoms with van der Waals surface area (Å²) in [5, 5.41) is 8.91. The molecule has 0 aliphatic carbocycles.